The van der Waals surface area contributed by atoms with E-state index in [0.29, 0.717) is 21.7 Å². The lowest BCUT2D eigenvalue weighted by Gasteiger charge is -2.13. The molecule has 0 aliphatic heterocycles. The Morgan fingerprint density at radius 3 is 2.52 bits per heavy atom. The minimum atomic E-state index is -0.243. The molecule has 0 bridgehead atoms. The Bertz CT molecular complexity index is 945. The van der Waals surface area contributed by atoms with Crippen molar-refractivity contribution in [2.45, 2.75) is 0 Å². The van der Waals surface area contributed by atoms with Crippen molar-refractivity contribution in [3.63, 3.8) is 0 Å². The average molecular weight is 322 g/mol. The highest BCUT2D eigenvalue weighted by Gasteiger charge is 2.35. The van der Waals surface area contributed by atoms with Crippen LogP contribution >= 0.6 is 11.5 Å². The van der Waals surface area contributed by atoms with Crippen molar-refractivity contribution in [3.8, 4) is 17.0 Å². The van der Waals surface area contributed by atoms with Gasteiger partial charge in [-0.25, -0.2) is 0 Å². The Morgan fingerprint density at radius 2 is 1.78 bits per heavy atom. The molecule has 4 rings (SSSR count). The molecule has 3 aromatic rings. The van der Waals surface area contributed by atoms with Crippen molar-refractivity contribution in [2.75, 3.05) is 7.11 Å². The summed E-state index contributed by atoms with van der Waals surface area (Å²) in [6, 6.07) is 10.5. The summed E-state index contributed by atoms with van der Waals surface area (Å²) >= 11 is 1.04. The Morgan fingerprint density at radius 1 is 1.00 bits per heavy atom. The molecule has 0 radical (unpaired) electrons. The highest BCUT2D eigenvalue weighted by atomic mass is 32.1. The van der Waals surface area contributed by atoms with Crippen LogP contribution in [0.4, 0.5) is 0 Å². The van der Waals surface area contributed by atoms with Gasteiger partial charge in [-0.2, -0.15) is 4.37 Å². The van der Waals surface area contributed by atoms with Crippen LogP contribution in [0.3, 0.4) is 0 Å². The van der Waals surface area contributed by atoms with E-state index in [9.17, 15) is 9.59 Å². The normalized spacial score (nSPS) is 12.7. The Labute approximate surface area is 135 Å². The smallest absolute Gasteiger partial charge is 0.224 e. The van der Waals surface area contributed by atoms with E-state index in [-0.39, 0.29) is 17.3 Å². The van der Waals surface area contributed by atoms with Gasteiger partial charge in [-0.15, -0.1) is 0 Å². The SMILES string of the molecule is COc1ccc(-c2nsc3c2C(=O)c2cccnc2C3=O)cc1. The van der Waals surface area contributed by atoms with Crippen molar-refractivity contribution in [3.05, 3.63) is 64.3 Å². The lowest BCUT2D eigenvalue weighted by Crippen LogP contribution is -2.20. The predicted octanol–water partition coefficient (Wildman–Crippen LogP) is 2.99. The number of benzene rings is 1. The summed E-state index contributed by atoms with van der Waals surface area (Å²) < 4.78 is 9.48. The van der Waals surface area contributed by atoms with Crippen molar-refractivity contribution in [1.29, 1.82) is 0 Å². The summed E-state index contributed by atoms with van der Waals surface area (Å²) in [4.78, 5) is 29.7. The first-order valence-electron chi connectivity index (χ1n) is 6.89. The molecule has 2 aromatic heterocycles. The van der Waals surface area contributed by atoms with E-state index in [1.807, 2.05) is 12.1 Å². The fourth-order valence-corrected chi connectivity index (χ4v) is 3.45. The number of hydrogen-bond acceptors (Lipinski definition) is 6. The van der Waals surface area contributed by atoms with Crippen molar-refractivity contribution >= 4 is 23.1 Å². The molecule has 0 amide bonds. The highest BCUT2D eigenvalue weighted by Crippen LogP contribution is 2.36. The van der Waals surface area contributed by atoms with Crippen LogP contribution in [-0.2, 0) is 0 Å². The third-order valence-electron chi connectivity index (χ3n) is 3.76. The van der Waals surface area contributed by atoms with Gasteiger partial charge in [-0.3, -0.25) is 14.6 Å². The zero-order valence-electron chi connectivity index (χ0n) is 12.1. The number of pyridine rings is 1. The fourth-order valence-electron chi connectivity index (χ4n) is 2.61. The Kier molecular flexibility index (Phi) is 3.06. The number of ketones is 2. The van der Waals surface area contributed by atoms with Crippen LogP contribution in [0.25, 0.3) is 11.3 Å². The Hall–Kier alpha value is -2.86. The van der Waals surface area contributed by atoms with Gasteiger partial charge in [-0.1, -0.05) is 0 Å². The summed E-state index contributed by atoms with van der Waals surface area (Å²) in [6.45, 7) is 0. The van der Waals surface area contributed by atoms with Crippen LogP contribution in [0.5, 0.6) is 5.75 Å². The molecule has 0 fully saturated rings. The van der Waals surface area contributed by atoms with E-state index in [4.69, 9.17) is 4.74 Å². The van der Waals surface area contributed by atoms with E-state index >= 15 is 0 Å². The van der Waals surface area contributed by atoms with Crippen LogP contribution in [0, 0.1) is 0 Å². The van der Waals surface area contributed by atoms with Gasteiger partial charge >= 0.3 is 0 Å². The van der Waals surface area contributed by atoms with E-state index in [2.05, 4.69) is 9.36 Å². The van der Waals surface area contributed by atoms with Crippen molar-refractivity contribution in [1.82, 2.24) is 9.36 Å². The molecule has 0 saturated heterocycles. The quantitative estimate of drug-likeness (QED) is 0.567. The van der Waals surface area contributed by atoms with Gasteiger partial charge in [0.05, 0.1) is 23.9 Å². The number of nitrogens with zero attached hydrogens (tertiary/aromatic N) is 2. The molecule has 0 N–H and O–H groups in total. The summed E-state index contributed by atoms with van der Waals surface area (Å²) in [5.74, 6) is 0.268. The molecule has 0 spiro atoms. The number of methoxy groups -OCH3 is 1. The maximum absolute atomic E-state index is 12.8. The van der Waals surface area contributed by atoms with E-state index in [1.165, 1.54) is 6.20 Å². The minimum Gasteiger partial charge on any atom is -0.497 e. The number of rotatable bonds is 2. The monoisotopic (exact) mass is 322 g/mol. The zero-order chi connectivity index (χ0) is 16.0. The van der Waals surface area contributed by atoms with Crippen LogP contribution in [0.15, 0.2) is 42.6 Å². The molecule has 23 heavy (non-hydrogen) atoms. The number of hydrogen-bond donors (Lipinski definition) is 0. The largest absolute Gasteiger partial charge is 0.497 e. The molecule has 0 saturated carbocycles. The third-order valence-corrected chi connectivity index (χ3v) is 4.60. The molecule has 5 nitrogen and oxygen atoms in total. The summed E-state index contributed by atoms with van der Waals surface area (Å²) in [5, 5.41) is 0. The fraction of sp³-hybridized carbons (Fsp3) is 0.0588. The third kappa shape index (κ3) is 1.99. The van der Waals surface area contributed by atoms with Crippen LogP contribution in [0.2, 0.25) is 0 Å². The Balaban J connectivity index is 1.89. The van der Waals surface area contributed by atoms with E-state index < -0.39 is 0 Å². The summed E-state index contributed by atoms with van der Waals surface area (Å²) in [6.07, 6.45) is 1.51. The zero-order valence-corrected chi connectivity index (χ0v) is 12.9. The molecule has 1 aromatic carbocycles. The first kappa shape index (κ1) is 13.8. The highest BCUT2D eigenvalue weighted by molar-refractivity contribution is 7.09. The summed E-state index contributed by atoms with van der Waals surface area (Å²) in [7, 11) is 1.59. The molecule has 0 unspecified atom stereocenters. The number of aromatic nitrogens is 2. The van der Waals surface area contributed by atoms with Crippen LogP contribution in [-0.4, -0.2) is 28.0 Å². The summed E-state index contributed by atoms with van der Waals surface area (Å²) in [5.41, 5.74) is 2.21. The van der Waals surface area contributed by atoms with Gasteiger partial charge in [0.1, 0.15) is 16.3 Å². The molecule has 2 heterocycles. The molecule has 0 atom stereocenters. The standard InChI is InChI=1S/C17H10N2O3S/c1-22-10-6-4-9(5-7-10)13-12-15(20)11-3-2-8-18-14(11)16(21)17(12)23-19-13/h2-8H,1H3. The van der Waals surface area contributed by atoms with Crippen LogP contribution < -0.4 is 4.74 Å². The number of carbonyl (C=O) groups is 2. The van der Waals surface area contributed by atoms with Gasteiger partial charge in [0.2, 0.25) is 5.78 Å². The average Bonchev–Trinajstić information content (AvgIpc) is 3.05. The second-order valence-corrected chi connectivity index (χ2v) is 5.80. The van der Waals surface area contributed by atoms with E-state index in [1.54, 1.807) is 31.4 Å². The van der Waals surface area contributed by atoms with Gasteiger partial charge in [0, 0.05) is 11.8 Å². The molecular formula is C17H10N2O3S. The number of fused-ring (bicyclic) bond motifs is 2. The topological polar surface area (TPSA) is 69.2 Å². The number of carbonyl (C=O) groups excluding carboxylic acids is 2. The molecular weight excluding hydrogens is 312 g/mol. The maximum atomic E-state index is 12.8. The lowest BCUT2D eigenvalue weighted by molar-refractivity contribution is 0.0979. The molecule has 1 aliphatic carbocycles. The minimum absolute atomic E-state index is 0.204. The van der Waals surface area contributed by atoms with Gasteiger partial charge < -0.3 is 4.74 Å². The maximum Gasteiger partial charge on any atom is 0.224 e. The molecule has 6 heteroatoms. The molecule has 112 valence electrons. The predicted molar refractivity (Wildman–Crippen MR) is 85.2 cm³/mol. The van der Waals surface area contributed by atoms with Gasteiger partial charge in [-0.05, 0) is 47.9 Å². The second-order valence-electron chi connectivity index (χ2n) is 5.02. The van der Waals surface area contributed by atoms with E-state index in [0.717, 1.165) is 22.8 Å². The second kappa shape index (κ2) is 5.10. The van der Waals surface area contributed by atoms with Gasteiger partial charge in [0.25, 0.3) is 0 Å². The first-order valence-corrected chi connectivity index (χ1v) is 7.66. The number of ether oxygens (including phenoxy) is 1. The van der Waals surface area contributed by atoms with Gasteiger partial charge in [0.15, 0.2) is 5.78 Å². The van der Waals surface area contributed by atoms with Crippen molar-refractivity contribution < 1.29 is 14.3 Å². The first-order chi connectivity index (χ1) is 11.2. The lowest BCUT2D eigenvalue weighted by atomic mass is 9.90. The van der Waals surface area contributed by atoms with Crippen molar-refractivity contribution in [2.24, 2.45) is 0 Å². The van der Waals surface area contributed by atoms with Crippen LogP contribution in [0.1, 0.15) is 31.3 Å². The molecule has 1 aliphatic rings.